The maximum atomic E-state index is 12.1. The van der Waals surface area contributed by atoms with Crippen molar-refractivity contribution in [2.75, 3.05) is 13.6 Å². The second-order valence-corrected chi connectivity index (χ2v) is 4.55. The molecular weight excluding hydrogens is 317 g/mol. The molecule has 100 valence electrons. The van der Waals surface area contributed by atoms with Crippen LogP contribution in [0, 0.1) is 0 Å². The maximum absolute atomic E-state index is 12.1. The summed E-state index contributed by atoms with van der Waals surface area (Å²) in [5, 5.41) is 8.86. The minimum atomic E-state index is -4.75. The maximum Gasteiger partial charge on any atom is 0.416 e. The molecular formula is C10H10BrF3N2O2. The highest BCUT2D eigenvalue weighted by Gasteiger charge is 2.39. The molecule has 0 spiro atoms. The second kappa shape index (κ2) is 5.66. The van der Waals surface area contributed by atoms with Gasteiger partial charge in [0.2, 0.25) is 0 Å². The van der Waals surface area contributed by atoms with Crippen molar-refractivity contribution in [3.05, 3.63) is 28.5 Å². The van der Waals surface area contributed by atoms with Gasteiger partial charge in [0.15, 0.2) is 6.10 Å². The fourth-order valence-corrected chi connectivity index (χ4v) is 1.56. The molecule has 0 fully saturated rings. The minimum Gasteiger partial charge on any atom is -0.382 e. The summed E-state index contributed by atoms with van der Waals surface area (Å²) in [6.07, 6.45) is -4.62. The first-order valence-electron chi connectivity index (χ1n) is 4.82. The average molecular weight is 327 g/mol. The van der Waals surface area contributed by atoms with E-state index >= 15 is 0 Å². The van der Waals surface area contributed by atoms with Crippen LogP contribution in [0.3, 0.4) is 0 Å². The molecule has 0 aromatic carbocycles. The molecule has 1 atom stereocenters. The van der Waals surface area contributed by atoms with Gasteiger partial charge in [-0.1, -0.05) is 0 Å². The Kier molecular flexibility index (Phi) is 4.69. The number of pyridine rings is 1. The van der Waals surface area contributed by atoms with Crippen molar-refractivity contribution in [1.82, 2.24) is 9.88 Å². The average Bonchev–Trinajstić information content (AvgIpc) is 2.26. The lowest BCUT2D eigenvalue weighted by Gasteiger charge is -2.22. The summed E-state index contributed by atoms with van der Waals surface area (Å²) in [6, 6.07) is 1.44. The predicted octanol–water partition coefficient (Wildman–Crippen LogP) is 1.84. The van der Waals surface area contributed by atoms with Gasteiger partial charge in [0.1, 0.15) is 0 Å². The Labute approximate surface area is 110 Å². The zero-order chi connectivity index (χ0) is 13.9. The van der Waals surface area contributed by atoms with Gasteiger partial charge in [-0.05, 0) is 22.0 Å². The van der Waals surface area contributed by atoms with Crippen molar-refractivity contribution >= 4 is 21.8 Å². The molecule has 1 rings (SSSR count). The van der Waals surface area contributed by atoms with Gasteiger partial charge < -0.3 is 10.0 Å². The van der Waals surface area contributed by atoms with Crippen LogP contribution in [0.25, 0.3) is 0 Å². The smallest absolute Gasteiger partial charge is 0.382 e. The number of rotatable bonds is 3. The van der Waals surface area contributed by atoms with Gasteiger partial charge in [-0.3, -0.25) is 9.78 Å². The van der Waals surface area contributed by atoms with Crippen molar-refractivity contribution in [2.24, 2.45) is 0 Å². The summed E-state index contributed by atoms with van der Waals surface area (Å²) in [4.78, 5) is 16.3. The number of nitrogens with zero attached hydrogens (tertiary/aromatic N) is 2. The molecule has 0 saturated heterocycles. The SMILES string of the molecule is CN(CC(O)C(F)(F)F)C(=O)c1cncc(Br)c1. The predicted molar refractivity (Wildman–Crippen MR) is 61.0 cm³/mol. The highest BCUT2D eigenvalue weighted by molar-refractivity contribution is 9.10. The van der Waals surface area contributed by atoms with Crippen molar-refractivity contribution in [2.45, 2.75) is 12.3 Å². The molecule has 0 saturated carbocycles. The highest BCUT2D eigenvalue weighted by Crippen LogP contribution is 2.21. The molecule has 4 nitrogen and oxygen atoms in total. The topological polar surface area (TPSA) is 53.4 Å². The van der Waals surface area contributed by atoms with Crippen LogP contribution < -0.4 is 0 Å². The van der Waals surface area contributed by atoms with Crippen LogP contribution in [0.5, 0.6) is 0 Å². The van der Waals surface area contributed by atoms with Gasteiger partial charge in [0.05, 0.1) is 12.1 Å². The van der Waals surface area contributed by atoms with Crippen LogP contribution in [0.1, 0.15) is 10.4 Å². The van der Waals surface area contributed by atoms with E-state index in [0.717, 1.165) is 4.90 Å². The summed E-state index contributed by atoms with van der Waals surface area (Å²) in [7, 11) is 1.18. The van der Waals surface area contributed by atoms with Crippen LogP contribution in [0.4, 0.5) is 13.2 Å². The lowest BCUT2D eigenvalue weighted by Crippen LogP contribution is -2.41. The van der Waals surface area contributed by atoms with Crippen LogP contribution in [0.2, 0.25) is 0 Å². The molecule has 1 amide bonds. The first-order valence-corrected chi connectivity index (χ1v) is 5.62. The second-order valence-electron chi connectivity index (χ2n) is 3.63. The highest BCUT2D eigenvalue weighted by atomic mass is 79.9. The Morgan fingerprint density at radius 2 is 2.17 bits per heavy atom. The summed E-state index contributed by atoms with van der Waals surface area (Å²) in [5.41, 5.74) is 0.140. The quantitative estimate of drug-likeness (QED) is 0.922. The fraction of sp³-hybridized carbons (Fsp3) is 0.400. The Bertz CT molecular complexity index is 439. The van der Waals surface area contributed by atoms with Gasteiger partial charge >= 0.3 is 6.18 Å². The Hall–Kier alpha value is -1.15. The number of alkyl halides is 3. The summed E-state index contributed by atoms with van der Waals surface area (Å²) < 4.78 is 36.9. The van der Waals surface area contributed by atoms with E-state index in [-0.39, 0.29) is 5.56 Å². The molecule has 1 aromatic heterocycles. The molecule has 1 aromatic rings. The number of hydrogen-bond donors (Lipinski definition) is 1. The van der Waals surface area contributed by atoms with Crippen molar-refractivity contribution in [3.63, 3.8) is 0 Å². The molecule has 0 aliphatic heterocycles. The zero-order valence-corrected chi connectivity index (χ0v) is 10.9. The molecule has 8 heteroatoms. The Balaban J connectivity index is 2.73. The molecule has 0 bridgehead atoms. The number of aliphatic hydroxyl groups excluding tert-OH is 1. The standard InChI is InChI=1S/C10H10BrF3N2O2/c1-16(5-8(17)10(12,13)14)9(18)6-2-7(11)4-15-3-6/h2-4,8,17H,5H2,1H3. The number of carbonyl (C=O) groups is 1. The molecule has 18 heavy (non-hydrogen) atoms. The largest absolute Gasteiger partial charge is 0.416 e. The number of likely N-dealkylation sites (N-methyl/N-ethyl adjacent to an activating group) is 1. The number of aromatic nitrogens is 1. The molecule has 0 aliphatic carbocycles. The molecule has 0 radical (unpaired) electrons. The number of amides is 1. The van der Waals surface area contributed by atoms with Gasteiger partial charge in [0, 0.05) is 23.9 Å². The zero-order valence-electron chi connectivity index (χ0n) is 9.28. The van der Waals surface area contributed by atoms with Crippen molar-refractivity contribution in [3.8, 4) is 0 Å². The molecule has 1 N–H and O–H groups in total. The summed E-state index contributed by atoms with van der Waals surface area (Å²) in [5.74, 6) is -0.646. The fourth-order valence-electron chi connectivity index (χ4n) is 1.20. The van der Waals surface area contributed by atoms with Gasteiger partial charge in [-0.25, -0.2) is 0 Å². The third-order valence-corrected chi connectivity index (χ3v) is 2.56. The third-order valence-electron chi connectivity index (χ3n) is 2.12. The van der Waals surface area contributed by atoms with E-state index < -0.39 is 24.7 Å². The number of carbonyl (C=O) groups excluding carboxylic acids is 1. The van der Waals surface area contributed by atoms with Gasteiger partial charge in [-0.15, -0.1) is 0 Å². The normalized spacial score (nSPS) is 13.2. The summed E-state index contributed by atoms with van der Waals surface area (Å²) in [6.45, 7) is -0.825. The van der Waals surface area contributed by atoms with E-state index in [1.165, 1.54) is 25.5 Å². The minimum absolute atomic E-state index is 0.140. The number of halogens is 4. The molecule has 1 unspecified atom stereocenters. The monoisotopic (exact) mass is 326 g/mol. The van der Waals surface area contributed by atoms with E-state index in [9.17, 15) is 18.0 Å². The van der Waals surface area contributed by atoms with Crippen LogP contribution in [0.15, 0.2) is 22.9 Å². The Morgan fingerprint density at radius 1 is 1.56 bits per heavy atom. The van der Waals surface area contributed by atoms with Crippen LogP contribution in [-0.2, 0) is 0 Å². The lowest BCUT2D eigenvalue weighted by atomic mass is 10.2. The van der Waals surface area contributed by atoms with E-state index in [1.807, 2.05) is 0 Å². The lowest BCUT2D eigenvalue weighted by molar-refractivity contribution is -0.205. The Morgan fingerprint density at radius 3 is 2.67 bits per heavy atom. The third kappa shape index (κ3) is 3.95. The summed E-state index contributed by atoms with van der Waals surface area (Å²) >= 11 is 3.10. The van der Waals surface area contributed by atoms with Crippen LogP contribution in [-0.4, -0.2) is 46.8 Å². The first kappa shape index (κ1) is 14.9. The van der Waals surface area contributed by atoms with E-state index in [2.05, 4.69) is 20.9 Å². The first-order chi connectivity index (χ1) is 8.21. The van der Waals surface area contributed by atoms with Gasteiger partial charge in [0.25, 0.3) is 5.91 Å². The van der Waals surface area contributed by atoms with Crippen LogP contribution >= 0.6 is 15.9 Å². The van der Waals surface area contributed by atoms with Crippen molar-refractivity contribution in [1.29, 1.82) is 0 Å². The van der Waals surface area contributed by atoms with Gasteiger partial charge in [-0.2, -0.15) is 13.2 Å². The number of hydrogen-bond acceptors (Lipinski definition) is 3. The molecule has 1 heterocycles. The number of aliphatic hydroxyl groups is 1. The van der Waals surface area contributed by atoms with Crippen molar-refractivity contribution < 1.29 is 23.1 Å². The van der Waals surface area contributed by atoms with E-state index in [1.54, 1.807) is 0 Å². The van der Waals surface area contributed by atoms with E-state index in [4.69, 9.17) is 5.11 Å². The van der Waals surface area contributed by atoms with E-state index in [0.29, 0.717) is 4.47 Å². The molecule has 0 aliphatic rings.